The summed E-state index contributed by atoms with van der Waals surface area (Å²) in [5.41, 5.74) is 1.80. The van der Waals surface area contributed by atoms with E-state index in [9.17, 15) is 4.79 Å². The van der Waals surface area contributed by atoms with Crippen LogP contribution in [0.4, 0.5) is 0 Å². The molecule has 1 aromatic heterocycles. The van der Waals surface area contributed by atoms with E-state index >= 15 is 0 Å². The van der Waals surface area contributed by atoms with Gasteiger partial charge in [-0.05, 0) is 82.2 Å². The Balaban J connectivity index is 1.62. The highest BCUT2D eigenvalue weighted by atomic mass is 127. The summed E-state index contributed by atoms with van der Waals surface area (Å²) < 4.78 is 9.07. The van der Waals surface area contributed by atoms with Gasteiger partial charge in [0, 0.05) is 9.89 Å². The normalized spacial score (nSPS) is 12.0. The summed E-state index contributed by atoms with van der Waals surface area (Å²) in [5, 5.41) is 6.04. The molecular formula is C26H21BrCl2IN3O2. The van der Waals surface area contributed by atoms with Crippen molar-refractivity contribution in [1.82, 2.24) is 9.66 Å². The third-order valence-corrected chi connectivity index (χ3v) is 7.21. The molecular weight excluding hydrogens is 664 g/mol. The van der Waals surface area contributed by atoms with Crippen molar-refractivity contribution in [2.24, 2.45) is 5.10 Å². The van der Waals surface area contributed by atoms with E-state index in [1.54, 1.807) is 24.4 Å². The quantitative estimate of drug-likeness (QED) is 0.159. The van der Waals surface area contributed by atoms with Gasteiger partial charge >= 0.3 is 0 Å². The molecule has 4 rings (SSSR count). The number of ether oxygens (including phenoxy) is 1. The third-order valence-electron chi connectivity index (χ3n) is 5.14. The maximum absolute atomic E-state index is 13.3. The van der Waals surface area contributed by atoms with E-state index in [0.29, 0.717) is 33.4 Å². The first-order valence-corrected chi connectivity index (χ1v) is 13.3. The van der Waals surface area contributed by atoms with E-state index in [1.807, 2.05) is 57.2 Å². The number of hydrogen-bond donors (Lipinski definition) is 0. The largest absolute Gasteiger partial charge is 0.488 e. The van der Waals surface area contributed by atoms with Gasteiger partial charge < -0.3 is 4.74 Å². The van der Waals surface area contributed by atoms with Crippen molar-refractivity contribution in [1.29, 1.82) is 0 Å². The monoisotopic (exact) mass is 683 g/mol. The summed E-state index contributed by atoms with van der Waals surface area (Å²) in [4.78, 5) is 18.1. The molecule has 0 saturated heterocycles. The molecule has 4 aromatic rings. The molecule has 0 N–H and O–H groups in total. The average Bonchev–Trinajstić information content (AvgIpc) is 2.79. The van der Waals surface area contributed by atoms with Gasteiger partial charge in [0.1, 0.15) is 18.2 Å². The Bertz CT molecular complexity index is 1510. The number of nitrogens with zero attached hydrogens (tertiary/aromatic N) is 3. The fourth-order valence-corrected chi connectivity index (χ4v) is 4.75. The lowest BCUT2D eigenvalue weighted by Crippen LogP contribution is -2.29. The van der Waals surface area contributed by atoms with Crippen LogP contribution < -0.4 is 10.3 Å². The summed E-state index contributed by atoms with van der Waals surface area (Å²) in [6, 6.07) is 16.6. The van der Waals surface area contributed by atoms with Gasteiger partial charge in [0.25, 0.3) is 5.56 Å². The molecule has 0 unspecified atom stereocenters. The molecule has 0 bridgehead atoms. The molecule has 9 heteroatoms. The highest BCUT2D eigenvalue weighted by molar-refractivity contribution is 14.1. The number of aromatic nitrogens is 2. The van der Waals surface area contributed by atoms with Crippen LogP contribution in [0.1, 0.15) is 37.7 Å². The first-order chi connectivity index (χ1) is 16.5. The van der Waals surface area contributed by atoms with Crippen molar-refractivity contribution in [2.45, 2.75) is 32.8 Å². The van der Waals surface area contributed by atoms with E-state index < -0.39 is 0 Å². The molecule has 0 aliphatic heterocycles. The Labute approximate surface area is 235 Å². The van der Waals surface area contributed by atoms with Crippen LogP contribution in [0.5, 0.6) is 5.75 Å². The van der Waals surface area contributed by atoms with Gasteiger partial charge in [-0.1, -0.05) is 66.0 Å². The Hall–Kier alpha value is -1.94. The summed E-state index contributed by atoms with van der Waals surface area (Å²) in [5.74, 6) is 1.32. The molecule has 3 aromatic carbocycles. The van der Waals surface area contributed by atoms with Crippen LogP contribution in [0.25, 0.3) is 10.9 Å². The summed E-state index contributed by atoms with van der Waals surface area (Å²) in [6.45, 7) is 6.39. The fourth-order valence-electron chi connectivity index (χ4n) is 3.37. The van der Waals surface area contributed by atoms with Crippen LogP contribution in [0, 0.1) is 3.57 Å². The molecule has 0 atom stereocenters. The number of benzene rings is 3. The highest BCUT2D eigenvalue weighted by Gasteiger charge is 2.23. The van der Waals surface area contributed by atoms with E-state index in [2.05, 4.69) is 43.6 Å². The van der Waals surface area contributed by atoms with E-state index in [4.69, 9.17) is 32.9 Å². The van der Waals surface area contributed by atoms with Crippen molar-refractivity contribution in [3.8, 4) is 5.75 Å². The SMILES string of the molecule is CC(C)(C)c1nc2ccc(Br)cc2c(=O)n1N=Cc1ccc(OCc2ccc(Cl)c(Cl)c2)c(I)c1. The number of rotatable bonds is 5. The van der Waals surface area contributed by atoms with E-state index in [-0.39, 0.29) is 11.0 Å². The van der Waals surface area contributed by atoms with Crippen molar-refractivity contribution in [3.05, 3.63) is 100.0 Å². The van der Waals surface area contributed by atoms with Crippen LogP contribution >= 0.6 is 61.7 Å². The Morgan fingerprint density at radius 1 is 1.09 bits per heavy atom. The molecule has 0 spiro atoms. The van der Waals surface area contributed by atoms with Crippen molar-refractivity contribution in [2.75, 3.05) is 0 Å². The minimum absolute atomic E-state index is 0.214. The third kappa shape index (κ3) is 6.07. The number of halogens is 4. The van der Waals surface area contributed by atoms with Gasteiger partial charge in [0.05, 0.1) is 30.7 Å². The molecule has 1 heterocycles. The summed E-state index contributed by atoms with van der Waals surface area (Å²) in [7, 11) is 0. The van der Waals surface area contributed by atoms with Crippen LogP contribution in [0.15, 0.2) is 69.0 Å². The Morgan fingerprint density at radius 2 is 1.86 bits per heavy atom. The Morgan fingerprint density at radius 3 is 2.54 bits per heavy atom. The molecule has 5 nitrogen and oxygen atoms in total. The van der Waals surface area contributed by atoms with Crippen LogP contribution in [0.3, 0.4) is 0 Å². The van der Waals surface area contributed by atoms with Crippen molar-refractivity contribution in [3.63, 3.8) is 0 Å². The van der Waals surface area contributed by atoms with Gasteiger partial charge in [-0.2, -0.15) is 9.78 Å². The lowest BCUT2D eigenvalue weighted by atomic mass is 9.95. The maximum Gasteiger partial charge on any atom is 0.282 e. The van der Waals surface area contributed by atoms with Crippen LogP contribution in [-0.2, 0) is 12.0 Å². The van der Waals surface area contributed by atoms with Crippen molar-refractivity contribution >= 4 is 78.8 Å². The fraction of sp³-hybridized carbons (Fsp3) is 0.192. The van der Waals surface area contributed by atoms with Gasteiger partial charge in [0.2, 0.25) is 0 Å². The standard InChI is InChI=1S/C26H21BrCl2IN3O2/c1-26(2,3)25-32-22-8-6-17(27)12-18(22)24(34)33(25)31-13-15-5-9-23(21(30)11-15)35-14-16-4-7-19(28)20(29)10-16/h4-13H,14H2,1-3H3. The second-order valence-corrected chi connectivity index (χ2v) is 11.8. The second-order valence-electron chi connectivity index (χ2n) is 8.94. The zero-order valence-corrected chi connectivity index (χ0v) is 24.4. The molecule has 0 amide bonds. The number of fused-ring (bicyclic) bond motifs is 1. The first-order valence-electron chi connectivity index (χ1n) is 10.7. The highest BCUT2D eigenvalue weighted by Crippen LogP contribution is 2.26. The number of hydrogen-bond acceptors (Lipinski definition) is 4. The zero-order valence-electron chi connectivity index (χ0n) is 19.2. The van der Waals surface area contributed by atoms with Gasteiger partial charge in [-0.25, -0.2) is 4.98 Å². The second kappa shape index (κ2) is 10.6. The maximum atomic E-state index is 13.3. The minimum Gasteiger partial charge on any atom is -0.488 e. The zero-order chi connectivity index (χ0) is 25.3. The molecule has 180 valence electrons. The predicted octanol–water partition coefficient (Wildman–Crippen LogP) is 7.83. The van der Waals surface area contributed by atoms with E-state index in [1.165, 1.54) is 4.68 Å². The van der Waals surface area contributed by atoms with Gasteiger partial charge in [-0.3, -0.25) is 4.79 Å². The van der Waals surface area contributed by atoms with Crippen molar-refractivity contribution < 1.29 is 4.74 Å². The van der Waals surface area contributed by atoms with E-state index in [0.717, 1.165) is 24.9 Å². The summed E-state index contributed by atoms with van der Waals surface area (Å²) in [6.07, 6.45) is 1.66. The molecule has 0 fully saturated rings. The van der Waals surface area contributed by atoms with Gasteiger partial charge in [-0.15, -0.1) is 0 Å². The summed E-state index contributed by atoms with van der Waals surface area (Å²) >= 11 is 17.7. The molecule has 0 radical (unpaired) electrons. The van der Waals surface area contributed by atoms with Crippen LogP contribution in [0.2, 0.25) is 10.0 Å². The average molecular weight is 685 g/mol. The first kappa shape index (κ1) is 26.1. The molecule has 0 aliphatic rings. The van der Waals surface area contributed by atoms with Crippen LogP contribution in [-0.4, -0.2) is 15.9 Å². The lowest BCUT2D eigenvalue weighted by Gasteiger charge is -2.20. The molecule has 35 heavy (non-hydrogen) atoms. The van der Waals surface area contributed by atoms with Gasteiger partial charge in [0.15, 0.2) is 0 Å². The topological polar surface area (TPSA) is 56.5 Å². The Kier molecular flexibility index (Phi) is 7.90. The molecule has 0 aliphatic carbocycles. The smallest absolute Gasteiger partial charge is 0.282 e. The lowest BCUT2D eigenvalue weighted by molar-refractivity contribution is 0.304. The molecule has 0 saturated carbocycles. The minimum atomic E-state index is -0.381. The predicted molar refractivity (Wildman–Crippen MR) is 155 cm³/mol.